The molecular formula is C11H15NO2S. The molecule has 0 radical (unpaired) electrons. The van der Waals surface area contributed by atoms with Crippen LogP contribution in [-0.2, 0) is 9.53 Å². The molecule has 0 saturated carbocycles. The fourth-order valence-corrected chi connectivity index (χ4v) is 2.83. The molecule has 1 unspecified atom stereocenters. The van der Waals surface area contributed by atoms with Gasteiger partial charge in [-0.3, -0.25) is 4.79 Å². The number of ether oxygens (including phenoxy) is 1. The molecule has 0 saturated heterocycles. The van der Waals surface area contributed by atoms with E-state index in [9.17, 15) is 4.79 Å². The van der Waals surface area contributed by atoms with Crippen molar-refractivity contribution in [3.8, 4) is 6.07 Å². The topological polar surface area (TPSA) is 50.1 Å². The first kappa shape index (κ1) is 12.1. The van der Waals surface area contributed by atoms with Crippen LogP contribution in [0.2, 0.25) is 0 Å². The van der Waals surface area contributed by atoms with Crippen LogP contribution in [0.25, 0.3) is 0 Å². The van der Waals surface area contributed by atoms with Crippen molar-refractivity contribution >= 4 is 17.7 Å². The van der Waals surface area contributed by atoms with Gasteiger partial charge < -0.3 is 4.74 Å². The van der Waals surface area contributed by atoms with Crippen molar-refractivity contribution < 1.29 is 9.53 Å². The molecule has 1 aliphatic rings. The highest BCUT2D eigenvalue weighted by Gasteiger charge is 2.37. The van der Waals surface area contributed by atoms with E-state index in [1.807, 2.05) is 19.9 Å². The molecule has 0 aromatic heterocycles. The van der Waals surface area contributed by atoms with Gasteiger partial charge in [0.05, 0.1) is 19.1 Å². The van der Waals surface area contributed by atoms with Gasteiger partial charge in [0.15, 0.2) is 0 Å². The summed E-state index contributed by atoms with van der Waals surface area (Å²) < 4.78 is 4.83. The van der Waals surface area contributed by atoms with Crippen LogP contribution in [0, 0.1) is 11.3 Å². The molecule has 82 valence electrons. The average molecular weight is 225 g/mol. The maximum Gasteiger partial charge on any atom is 0.323 e. The highest BCUT2D eigenvalue weighted by Crippen LogP contribution is 2.44. The molecule has 4 heteroatoms. The van der Waals surface area contributed by atoms with Crippen molar-refractivity contribution in [3.63, 3.8) is 0 Å². The molecule has 0 amide bonds. The largest absolute Gasteiger partial charge is 0.465 e. The summed E-state index contributed by atoms with van der Waals surface area (Å²) in [6, 6.07) is 2.12. The minimum atomic E-state index is -0.247. The van der Waals surface area contributed by atoms with Gasteiger partial charge in [0.1, 0.15) is 5.25 Å². The number of carbonyl (C=O) groups excluding carboxylic acids is 1. The van der Waals surface area contributed by atoms with Gasteiger partial charge in [0.25, 0.3) is 0 Å². The summed E-state index contributed by atoms with van der Waals surface area (Å²) in [6.45, 7) is 6.25. The lowest BCUT2D eigenvalue weighted by atomic mass is 9.99. The van der Waals surface area contributed by atoms with Crippen molar-refractivity contribution in [2.45, 2.75) is 37.2 Å². The Balaban J connectivity index is 2.75. The fraction of sp³-hybridized carbons (Fsp3) is 0.636. The number of nitrogens with zero attached hydrogens (tertiary/aromatic N) is 1. The van der Waals surface area contributed by atoms with Gasteiger partial charge in [-0.05, 0) is 26.3 Å². The molecule has 3 nitrogen and oxygen atoms in total. The van der Waals surface area contributed by atoms with Gasteiger partial charge in [0, 0.05) is 4.75 Å². The van der Waals surface area contributed by atoms with Gasteiger partial charge in [-0.15, -0.1) is 11.8 Å². The van der Waals surface area contributed by atoms with Crippen molar-refractivity contribution in [2.75, 3.05) is 6.61 Å². The van der Waals surface area contributed by atoms with Crippen LogP contribution in [-0.4, -0.2) is 22.6 Å². The zero-order valence-corrected chi connectivity index (χ0v) is 10.1. The Morgan fingerprint density at radius 2 is 2.40 bits per heavy atom. The maximum atomic E-state index is 11.5. The number of hydrogen-bond acceptors (Lipinski definition) is 4. The summed E-state index contributed by atoms with van der Waals surface area (Å²) in [5.74, 6) is -0.205. The lowest BCUT2D eigenvalue weighted by Crippen LogP contribution is -2.20. The predicted octanol–water partition coefficient (Wildman–Crippen LogP) is 2.28. The first-order valence-electron chi connectivity index (χ1n) is 4.94. The van der Waals surface area contributed by atoms with E-state index >= 15 is 0 Å². The minimum absolute atomic E-state index is 0.132. The number of nitriles is 1. The highest BCUT2D eigenvalue weighted by atomic mass is 32.2. The minimum Gasteiger partial charge on any atom is -0.465 e. The van der Waals surface area contributed by atoms with Crippen LogP contribution in [0.3, 0.4) is 0 Å². The highest BCUT2D eigenvalue weighted by molar-refractivity contribution is 8.02. The van der Waals surface area contributed by atoms with E-state index in [1.54, 1.807) is 18.7 Å². The van der Waals surface area contributed by atoms with Gasteiger partial charge in [-0.1, -0.05) is 6.08 Å². The van der Waals surface area contributed by atoms with E-state index in [0.717, 1.165) is 5.57 Å². The number of thioether (sulfide) groups is 1. The van der Waals surface area contributed by atoms with Crippen LogP contribution in [0.4, 0.5) is 0 Å². The first-order valence-corrected chi connectivity index (χ1v) is 5.81. The van der Waals surface area contributed by atoms with Gasteiger partial charge >= 0.3 is 5.97 Å². The zero-order chi connectivity index (χ0) is 11.5. The second-order valence-corrected chi connectivity index (χ2v) is 5.59. The SMILES string of the molecule is CCOC(=O)C1C=C(CC#N)C(C)(C)S1. The van der Waals surface area contributed by atoms with Crippen LogP contribution in [0.1, 0.15) is 27.2 Å². The van der Waals surface area contributed by atoms with E-state index in [0.29, 0.717) is 13.0 Å². The molecule has 1 rings (SSSR count). The predicted molar refractivity (Wildman–Crippen MR) is 60.4 cm³/mol. The monoisotopic (exact) mass is 225 g/mol. The molecule has 1 aliphatic heterocycles. The lowest BCUT2D eigenvalue weighted by molar-refractivity contribution is -0.141. The molecule has 1 heterocycles. The quantitative estimate of drug-likeness (QED) is 0.546. The summed E-state index contributed by atoms with van der Waals surface area (Å²) >= 11 is 1.55. The molecule has 0 aliphatic carbocycles. The normalized spacial score (nSPS) is 23.1. The van der Waals surface area contributed by atoms with E-state index < -0.39 is 0 Å². The van der Waals surface area contributed by atoms with Gasteiger partial charge in [-0.2, -0.15) is 5.26 Å². The number of rotatable bonds is 3. The second kappa shape index (κ2) is 4.71. The summed E-state index contributed by atoms with van der Waals surface area (Å²) in [4.78, 5) is 11.5. The molecule has 0 N–H and O–H groups in total. The second-order valence-electron chi connectivity index (χ2n) is 3.83. The standard InChI is InChI=1S/C11H15NO2S/c1-4-14-10(13)9-7-8(5-6-12)11(2,3)15-9/h7,9H,4-5H2,1-3H3. The summed E-state index contributed by atoms with van der Waals surface area (Å²) in [7, 11) is 0. The number of esters is 1. The van der Waals surface area contributed by atoms with Gasteiger partial charge in [0.2, 0.25) is 0 Å². The third-order valence-electron chi connectivity index (χ3n) is 2.34. The summed E-state index contributed by atoms with van der Waals surface area (Å²) in [5, 5.41) is 8.42. The first-order chi connectivity index (χ1) is 7.01. The Labute approximate surface area is 94.5 Å². The lowest BCUT2D eigenvalue weighted by Gasteiger charge is -2.20. The van der Waals surface area contributed by atoms with Crippen LogP contribution in [0.15, 0.2) is 11.6 Å². The number of carbonyl (C=O) groups is 1. The smallest absolute Gasteiger partial charge is 0.323 e. The van der Waals surface area contributed by atoms with E-state index in [-0.39, 0.29) is 16.0 Å². The van der Waals surface area contributed by atoms with Crippen molar-refractivity contribution in [2.24, 2.45) is 0 Å². The summed E-state index contributed by atoms with van der Waals surface area (Å²) in [5.41, 5.74) is 1.02. The van der Waals surface area contributed by atoms with Crippen molar-refractivity contribution in [3.05, 3.63) is 11.6 Å². The Hall–Kier alpha value is -0.950. The third-order valence-corrected chi connectivity index (χ3v) is 3.77. The molecule has 0 fully saturated rings. The van der Waals surface area contributed by atoms with E-state index in [1.165, 1.54) is 0 Å². The molecular weight excluding hydrogens is 210 g/mol. The Kier molecular flexibility index (Phi) is 3.81. The van der Waals surface area contributed by atoms with E-state index in [4.69, 9.17) is 10.00 Å². The molecule has 0 aromatic carbocycles. The number of hydrogen-bond donors (Lipinski definition) is 0. The average Bonchev–Trinajstić information content (AvgIpc) is 2.44. The molecule has 0 bridgehead atoms. The van der Waals surface area contributed by atoms with E-state index in [2.05, 4.69) is 6.07 Å². The van der Waals surface area contributed by atoms with Crippen LogP contribution < -0.4 is 0 Å². The fourth-order valence-electron chi connectivity index (χ4n) is 1.51. The van der Waals surface area contributed by atoms with Gasteiger partial charge in [-0.25, -0.2) is 0 Å². The molecule has 1 atom stereocenters. The van der Waals surface area contributed by atoms with Crippen LogP contribution >= 0.6 is 11.8 Å². The maximum absolute atomic E-state index is 11.5. The zero-order valence-electron chi connectivity index (χ0n) is 9.24. The molecule has 0 aromatic rings. The Morgan fingerprint density at radius 3 is 2.93 bits per heavy atom. The third kappa shape index (κ3) is 2.75. The van der Waals surface area contributed by atoms with Crippen molar-refractivity contribution in [1.82, 2.24) is 0 Å². The molecule has 15 heavy (non-hydrogen) atoms. The van der Waals surface area contributed by atoms with Crippen molar-refractivity contribution in [1.29, 1.82) is 5.26 Å². The molecule has 0 spiro atoms. The Morgan fingerprint density at radius 1 is 1.73 bits per heavy atom. The van der Waals surface area contributed by atoms with Crippen LogP contribution in [0.5, 0.6) is 0 Å². The summed E-state index contributed by atoms with van der Waals surface area (Å²) in [6.07, 6.45) is 2.25. The Bertz CT molecular complexity index is 328.